The number of nitrogens with one attached hydrogen (secondary N) is 1. The molecule has 1 amide bonds. The van der Waals surface area contributed by atoms with Crippen LogP contribution in [0.25, 0.3) is 0 Å². The van der Waals surface area contributed by atoms with Crippen molar-refractivity contribution in [3.63, 3.8) is 0 Å². The van der Waals surface area contributed by atoms with Crippen molar-refractivity contribution in [2.45, 2.75) is 19.6 Å². The second-order valence-corrected chi connectivity index (χ2v) is 4.61. The largest absolute Gasteiger partial charge is 0.384 e. The van der Waals surface area contributed by atoms with Crippen LogP contribution in [0.3, 0.4) is 0 Å². The van der Waals surface area contributed by atoms with Crippen LogP contribution in [0, 0.1) is 5.82 Å². The van der Waals surface area contributed by atoms with E-state index in [4.69, 9.17) is 0 Å². The van der Waals surface area contributed by atoms with Crippen LogP contribution < -0.4 is 5.32 Å². The first-order valence-electron chi connectivity index (χ1n) is 6.33. The molecule has 0 saturated carbocycles. The Bertz CT molecular complexity index is 578. The third-order valence-electron chi connectivity index (χ3n) is 3.02. The van der Waals surface area contributed by atoms with Crippen LogP contribution in [-0.2, 0) is 11.3 Å². The molecule has 0 aliphatic rings. The van der Waals surface area contributed by atoms with E-state index in [9.17, 15) is 14.3 Å². The minimum absolute atomic E-state index is 0.0829. The summed E-state index contributed by atoms with van der Waals surface area (Å²) in [4.78, 5) is 10.8. The van der Waals surface area contributed by atoms with Gasteiger partial charge in [0.25, 0.3) is 0 Å². The minimum Gasteiger partial charge on any atom is -0.384 e. The molecule has 0 spiro atoms. The van der Waals surface area contributed by atoms with Crippen LogP contribution in [0.15, 0.2) is 48.5 Å². The van der Waals surface area contributed by atoms with Gasteiger partial charge in [0.05, 0.1) is 0 Å². The van der Waals surface area contributed by atoms with Crippen molar-refractivity contribution in [2.75, 3.05) is 0 Å². The average molecular weight is 273 g/mol. The van der Waals surface area contributed by atoms with Gasteiger partial charge in [-0.05, 0) is 28.8 Å². The van der Waals surface area contributed by atoms with Crippen molar-refractivity contribution in [2.24, 2.45) is 0 Å². The van der Waals surface area contributed by atoms with E-state index in [1.807, 2.05) is 12.1 Å². The van der Waals surface area contributed by atoms with E-state index in [0.717, 1.165) is 11.1 Å². The number of rotatable bonds is 4. The van der Waals surface area contributed by atoms with Crippen molar-refractivity contribution in [1.29, 1.82) is 0 Å². The van der Waals surface area contributed by atoms with E-state index < -0.39 is 6.10 Å². The highest BCUT2D eigenvalue weighted by Gasteiger charge is 2.10. The van der Waals surface area contributed by atoms with Gasteiger partial charge in [0.15, 0.2) is 0 Å². The molecule has 0 aliphatic heterocycles. The van der Waals surface area contributed by atoms with Gasteiger partial charge in [0.2, 0.25) is 5.91 Å². The van der Waals surface area contributed by atoms with Crippen LogP contribution in [-0.4, -0.2) is 11.0 Å². The molecule has 2 rings (SSSR count). The average Bonchev–Trinajstić information content (AvgIpc) is 2.46. The summed E-state index contributed by atoms with van der Waals surface area (Å²) in [7, 11) is 0. The molecule has 0 heterocycles. The molecule has 0 radical (unpaired) electrons. The molecule has 20 heavy (non-hydrogen) atoms. The Hall–Kier alpha value is -2.20. The second-order valence-electron chi connectivity index (χ2n) is 4.61. The number of hydrogen-bond acceptors (Lipinski definition) is 2. The third-order valence-corrected chi connectivity index (χ3v) is 3.02. The molecule has 2 aromatic rings. The number of benzene rings is 2. The van der Waals surface area contributed by atoms with Gasteiger partial charge in [-0.3, -0.25) is 4.79 Å². The topological polar surface area (TPSA) is 49.3 Å². The fourth-order valence-electron chi connectivity index (χ4n) is 1.88. The zero-order chi connectivity index (χ0) is 14.5. The van der Waals surface area contributed by atoms with E-state index in [0.29, 0.717) is 12.1 Å². The molecule has 0 aliphatic carbocycles. The third kappa shape index (κ3) is 3.65. The van der Waals surface area contributed by atoms with Gasteiger partial charge in [-0.15, -0.1) is 0 Å². The standard InChI is InChI=1S/C16H16FNO2/c1-11(19)18-10-12-2-4-13(5-3-12)16(20)14-6-8-15(17)9-7-14/h2-9,16,20H,10H2,1H3,(H,18,19). The zero-order valence-corrected chi connectivity index (χ0v) is 11.1. The SMILES string of the molecule is CC(=O)NCc1ccc(C(O)c2ccc(F)cc2)cc1. The van der Waals surface area contributed by atoms with Crippen LogP contribution >= 0.6 is 0 Å². The van der Waals surface area contributed by atoms with E-state index in [2.05, 4.69) is 5.32 Å². The molecule has 4 heteroatoms. The van der Waals surface area contributed by atoms with Crippen molar-refractivity contribution in [3.8, 4) is 0 Å². The lowest BCUT2D eigenvalue weighted by Crippen LogP contribution is -2.18. The summed E-state index contributed by atoms with van der Waals surface area (Å²) in [6.07, 6.45) is -0.787. The zero-order valence-electron chi connectivity index (χ0n) is 11.1. The maximum absolute atomic E-state index is 12.8. The molecule has 0 aromatic heterocycles. The summed E-state index contributed by atoms with van der Waals surface area (Å²) in [5.41, 5.74) is 2.32. The Morgan fingerprint density at radius 1 is 1.10 bits per heavy atom. The maximum Gasteiger partial charge on any atom is 0.217 e. The molecule has 2 aromatic carbocycles. The lowest BCUT2D eigenvalue weighted by molar-refractivity contribution is -0.119. The number of aliphatic hydroxyl groups excluding tert-OH is 1. The number of carbonyl (C=O) groups is 1. The monoisotopic (exact) mass is 273 g/mol. The molecule has 1 unspecified atom stereocenters. The second kappa shape index (κ2) is 6.30. The molecule has 2 N–H and O–H groups in total. The van der Waals surface area contributed by atoms with Crippen molar-refractivity contribution >= 4 is 5.91 Å². The van der Waals surface area contributed by atoms with Gasteiger partial charge in [0, 0.05) is 13.5 Å². The quantitative estimate of drug-likeness (QED) is 0.899. The van der Waals surface area contributed by atoms with Crippen molar-refractivity contribution < 1.29 is 14.3 Å². The highest BCUT2D eigenvalue weighted by Crippen LogP contribution is 2.22. The Morgan fingerprint density at radius 3 is 2.10 bits per heavy atom. The highest BCUT2D eigenvalue weighted by atomic mass is 19.1. The lowest BCUT2D eigenvalue weighted by Gasteiger charge is -2.12. The van der Waals surface area contributed by atoms with Crippen LogP contribution in [0.5, 0.6) is 0 Å². The van der Waals surface area contributed by atoms with Crippen LogP contribution in [0.2, 0.25) is 0 Å². The smallest absolute Gasteiger partial charge is 0.217 e. The first-order chi connectivity index (χ1) is 9.56. The summed E-state index contributed by atoms with van der Waals surface area (Å²) >= 11 is 0. The van der Waals surface area contributed by atoms with Gasteiger partial charge < -0.3 is 10.4 Å². The lowest BCUT2D eigenvalue weighted by atomic mass is 10.0. The number of hydrogen-bond donors (Lipinski definition) is 2. The Morgan fingerprint density at radius 2 is 1.60 bits per heavy atom. The number of amides is 1. The molecular formula is C16H16FNO2. The Labute approximate surface area is 117 Å². The molecule has 0 bridgehead atoms. The maximum atomic E-state index is 12.8. The molecule has 1 atom stereocenters. The van der Waals surface area contributed by atoms with Crippen molar-refractivity contribution in [3.05, 3.63) is 71.0 Å². The first kappa shape index (κ1) is 14.2. The van der Waals surface area contributed by atoms with Crippen LogP contribution in [0.4, 0.5) is 4.39 Å². The fourth-order valence-corrected chi connectivity index (χ4v) is 1.88. The van der Waals surface area contributed by atoms with Gasteiger partial charge >= 0.3 is 0 Å². The summed E-state index contributed by atoms with van der Waals surface area (Å²) in [5, 5.41) is 12.9. The van der Waals surface area contributed by atoms with Crippen LogP contribution in [0.1, 0.15) is 29.7 Å². The molecule has 104 valence electrons. The number of aliphatic hydroxyl groups is 1. The molecule has 0 fully saturated rings. The summed E-state index contributed by atoms with van der Waals surface area (Å²) in [6.45, 7) is 1.93. The summed E-state index contributed by atoms with van der Waals surface area (Å²) in [5.74, 6) is -0.410. The highest BCUT2D eigenvalue weighted by molar-refractivity contribution is 5.72. The Balaban J connectivity index is 2.09. The van der Waals surface area contributed by atoms with Crippen molar-refractivity contribution in [1.82, 2.24) is 5.32 Å². The van der Waals surface area contributed by atoms with E-state index in [-0.39, 0.29) is 11.7 Å². The number of carbonyl (C=O) groups excluding carboxylic acids is 1. The van der Waals surface area contributed by atoms with Gasteiger partial charge in [0.1, 0.15) is 11.9 Å². The normalized spacial score (nSPS) is 11.9. The summed E-state index contributed by atoms with van der Waals surface area (Å²) < 4.78 is 12.8. The first-order valence-corrected chi connectivity index (χ1v) is 6.33. The van der Waals surface area contributed by atoms with Gasteiger partial charge in [-0.25, -0.2) is 4.39 Å². The van der Waals surface area contributed by atoms with Gasteiger partial charge in [-0.2, -0.15) is 0 Å². The molecular weight excluding hydrogens is 257 g/mol. The Kier molecular flexibility index (Phi) is 4.48. The minimum atomic E-state index is -0.787. The van der Waals surface area contributed by atoms with E-state index in [1.165, 1.54) is 19.1 Å². The van der Waals surface area contributed by atoms with Gasteiger partial charge in [-0.1, -0.05) is 36.4 Å². The molecule has 0 saturated heterocycles. The summed E-state index contributed by atoms with van der Waals surface area (Å²) in [6, 6.07) is 13.1. The fraction of sp³-hybridized carbons (Fsp3) is 0.188. The number of halogens is 1. The predicted molar refractivity (Wildman–Crippen MR) is 74.4 cm³/mol. The van der Waals surface area contributed by atoms with E-state index >= 15 is 0 Å². The predicted octanol–water partition coefficient (Wildman–Crippen LogP) is 2.54. The van der Waals surface area contributed by atoms with E-state index in [1.54, 1.807) is 24.3 Å². The molecule has 3 nitrogen and oxygen atoms in total.